The van der Waals surface area contributed by atoms with E-state index in [2.05, 4.69) is 0 Å². The highest BCUT2D eigenvalue weighted by Crippen LogP contribution is 2.60. The molecular weight excluding hydrogens is 374 g/mol. The summed E-state index contributed by atoms with van der Waals surface area (Å²) in [5.74, 6) is 1.49. The highest BCUT2D eigenvalue weighted by atomic mass is 32.2. The van der Waals surface area contributed by atoms with Gasteiger partial charge < -0.3 is 5.11 Å². The third-order valence-corrected chi connectivity index (χ3v) is 9.77. The van der Waals surface area contributed by atoms with Crippen molar-refractivity contribution < 1.29 is 18.3 Å². The van der Waals surface area contributed by atoms with E-state index in [1.807, 2.05) is 12.1 Å². The Bertz CT molecular complexity index is 841. The molecule has 1 unspecified atom stereocenters. The van der Waals surface area contributed by atoms with Crippen LogP contribution in [0.5, 0.6) is 0 Å². The molecular formula is C22H29NO4S. The van der Waals surface area contributed by atoms with Crippen LogP contribution in [0, 0.1) is 17.8 Å². The number of rotatable bonds is 4. The summed E-state index contributed by atoms with van der Waals surface area (Å²) in [6.45, 7) is 0.288. The molecule has 1 heterocycles. The van der Waals surface area contributed by atoms with E-state index < -0.39 is 22.0 Å². The Hall–Kier alpha value is -1.40. The van der Waals surface area contributed by atoms with Gasteiger partial charge in [-0.15, -0.1) is 0 Å². The number of carbonyl (C=O) groups is 1. The number of carboxylic acid groups (broad SMARTS) is 1. The first-order valence-electron chi connectivity index (χ1n) is 10.7. The molecule has 1 atom stereocenters. The van der Waals surface area contributed by atoms with E-state index in [0.717, 1.165) is 24.2 Å². The normalized spacial score (nSPS) is 37.9. The molecule has 5 fully saturated rings. The monoisotopic (exact) mass is 403 g/mol. The third kappa shape index (κ3) is 2.91. The van der Waals surface area contributed by atoms with E-state index in [4.69, 9.17) is 0 Å². The highest BCUT2D eigenvalue weighted by molar-refractivity contribution is 7.89. The number of sulfonamides is 1. The number of piperidine rings is 1. The van der Waals surface area contributed by atoms with Gasteiger partial charge in [0.25, 0.3) is 0 Å². The fourth-order valence-electron chi connectivity index (χ4n) is 7.02. The molecule has 152 valence electrons. The zero-order chi connectivity index (χ0) is 19.5. The lowest BCUT2D eigenvalue weighted by Crippen LogP contribution is -2.48. The van der Waals surface area contributed by atoms with Gasteiger partial charge in [-0.05, 0) is 98.7 Å². The molecule has 6 heteroatoms. The van der Waals surface area contributed by atoms with E-state index in [1.165, 1.54) is 48.4 Å². The van der Waals surface area contributed by atoms with Crippen LogP contribution in [-0.4, -0.2) is 36.4 Å². The van der Waals surface area contributed by atoms with Crippen LogP contribution in [0.1, 0.15) is 63.4 Å². The van der Waals surface area contributed by atoms with Crippen LogP contribution in [0.25, 0.3) is 0 Å². The summed E-state index contributed by atoms with van der Waals surface area (Å²) < 4.78 is 27.4. The largest absolute Gasteiger partial charge is 0.480 e. The summed E-state index contributed by atoms with van der Waals surface area (Å²) in [6.07, 6.45) is 9.77. The zero-order valence-corrected chi connectivity index (χ0v) is 17.0. The van der Waals surface area contributed by atoms with E-state index in [1.54, 1.807) is 12.1 Å². The maximum atomic E-state index is 13.1. The minimum Gasteiger partial charge on any atom is -0.480 e. The molecule has 4 saturated carbocycles. The van der Waals surface area contributed by atoms with E-state index in [0.29, 0.717) is 12.8 Å². The number of nitrogens with zero attached hydrogens (tertiary/aromatic N) is 1. The van der Waals surface area contributed by atoms with Crippen molar-refractivity contribution in [3.05, 3.63) is 29.8 Å². The average molecular weight is 404 g/mol. The van der Waals surface area contributed by atoms with Crippen molar-refractivity contribution >= 4 is 16.0 Å². The smallest absolute Gasteiger partial charge is 0.322 e. The SMILES string of the molecule is O=C(O)C1CCCCN1S(=O)(=O)c1ccc(C23CC4CC(CC(C4)C2)C3)cc1. The lowest BCUT2D eigenvalue weighted by atomic mass is 9.48. The van der Waals surface area contributed by atoms with Crippen LogP contribution in [-0.2, 0) is 20.2 Å². The second-order valence-corrected chi connectivity index (χ2v) is 11.6. The molecule has 1 aromatic carbocycles. The molecule has 4 aliphatic carbocycles. The average Bonchev–Trinajstić information content (AvgIpc) is 2.67. The lowest BCUT2D eigenvalue weighted by Gasteiger charge is -2.57. The van der Waals surface area contributed by atoms with Crippen LogP contribution in [0.2, 0.25) is 0 Å². The molecule has 1 saturated heterocycles. The number of hydrogen-bond acceptors (Lipinski definition) is 3. The Morgan fingerprint density at radius 1 is 0.964 bits per heavy atom. The molecule has 5 aliphatic rings. The van der Waals surface area contributed by atoms with Gasteiger partial charge in [-0.1, -0.05) is 12.1 Å². The molecule has 1 aliphatic heterocycles. The van der Waals surface area contributed by atoms with Gasteiger partial charge in [0, 0.05) is 6.54 Å². The van der Waals surface area contributed by atoms with Crippen LogP contribution in [0.3, 0.4) is 0 Å². The van der Waals surface area contributed by atoms with Crippen LogP contribution >= 0.6 is 0 Å². The first kappa shape index (κ1) is 18.6. The van der Waals surface area contributed by atoms with Crippen molar-refractivity contribution in [2.45, 2.75) is 74.1 Å². The molecule has 0 radical (unpaired) electrons. The quantitative estimate of drug-likeness (QED) is 0.830. The van der Waals surface area contributed by atoms with Gasteiger partial charge in [0.15, 0.2) is 0 Å². The van der Waals surface area contributed by atoms with Crippen molar-refractivity contribution in [3.63, 3.8) is 0 Å². The minimum absolute atomic E-state index is 0.231. The topological polar surface area (TPSA) is 74.7 Å². The molecule has 1 aromatic rings. The fraction of sp³-hybridized carbons (Fsp3) is 0.682. The first-order chi connectivity index (χ1) is 13.4. The molecule has 0 spiro atoms. The lowest BCUT2D eigenvalue weighted by molar-refractivity contribution is -0.142. The standard InChI is InChI=1S/C22H29NO4S/c24-21(25)20-3-1-2-8-23(20)28(26,27)19-6-4-18(5-7-19)22-12-15-9-16(13-22)11-17(10-15)14-22/h4-7,15-17,20H,1-3,8-14H2,(H,24,25). The van der Waals surface area contributed by atoms with Crippen molar-refractivity contribution in [2.24, 2.45) is 17.8 Å². The summed E-state index contributed by atoms with van der Waals surface area (Å²) in [7, 11) is -3.78. The summed E-state index contributed by atoms with van der Waals surface area (Å²) in [5, 5.41) is 9.45. The first-order valence-corrected chi connectivity index (χ1v) is 12.2. The molecule has 28 heavy (non-hydrogen) atoms. The van der Waals surface area contributed by atoms with Crippen LogP contribution in [0.15, 0.2) is 29.2 Å². The second kappa shape index (κ2) is 6.56. The Labute approximate surface area is 167 Å². The maximum Gasteiger partial charge on any atom is 0.322 e. The molecule has 1 N–H and O–H groups in total. The molecule has 0 amide bonds. The van der Waals surface area contributed by atoms with E-state index in [-0.39, 0.29) is 16.9 Å². The molecule has 0 aromatic heterocycles. The summed E-state index contributed by atoms with van der Waals surface area (Å²) >= 11 is 0. The van der Waals surface area contributed by atoms with Crippen LogP contribution in [0.4, 0.5) is 0 Å². The Morgan fingerprint density at radius 3 is 2.07 bits per heavy atom. The van der Waals surface area contributed by atoms with Crippen molar-refractivity contribution in [3.8, 4) is 0 Å². The van der Waals surface area contributed by atoms with E-state index in [9.17, 15) is 18.3 Å². The Kier molecular flexibility index (Phi) is 4.36. The van der Waals surface area contributed by atoms with Gasteiger partial charge in [-0.2, -0.15) is 4.31 Å². The van der Waals surface area contributed by atoms with Crippen LogP contribution < -0.4 is 0 Å². The maximum absolute atomic E-state index is 13.1. The van der Waals surface area contributed by atoms with Crippen molar-refractivity contribution in [1.29, 1.82) is 0 Å². The minimum atomic E-state index is -3.78. The molecule has 5 nitrogen and oxygen atoms in total. The molecule has 6 rings (SSSR count). The summed E-state index contributed by atoms with van der Waals surface area (Å²) in [6, 6.07) is 6.52. The highest BCUT2D eigenvalue weighted by Gasteiger charge is 2.51. The number of carboxylic acids is 1. The van der Waals surface area contributed by atoms with Gasteiger partial charge in [0.2, 0.25) is 10.0 Å². The predicted molar refractivity (Wildman–Crippen MR) is 105 cm³/mol. The van der Waals surface area contributed by atoms with Gasteiger partial charge in [-0.25, -0.2) is 8.42 Å². The summed E-state index contributed by atoms with van der Waals surface area (Å²) in [4.78, 5) is 11.8. The van der Waals surface area contributed by atoms with Crippen molar-refractivity contribution in [2.75, 3.05) is 6.54 Å². The Balaban J connectivity index is 1.43. The second-order valence-electron chi connectivity index (χ2n) is 9.69. The van der Waals surface area contributed by atoms with E-state index >= 15 is 0 Å². The van der Waals surface area contributed by atoms with Gasteiger partial charge in [-0.3, -0.25) is 4.79 Å². The summed E-state index contributed by atoms with van der Waals surface area (Å²) in [5.41, 5.74) is 1.53. The predicted octanol–water partition coefficient (Wildman–Crippen LogP) is 3.78. The zero-order valence-electron chi connectivity index (χ0n) is 16.2. The van der Waals surface area contributed by atoms with Crippen molar-refractivity contribution in [1.82, 2.24) is 4.31 Å². The van der Waals surface area contributed by atoms with Gasteiger partial charge in [0.05, 0.1) is 4.90 Å². The number of benzene rings is 1. The Morgan fingerprint density at radius 2 is 1.54 bits per heavy atom. The third-order valence-electron chi connectivity index (χ3n) is 7.85. The fourth-order valence-corrected chi connectivity index (χ4v) is 8.67. The molecule has 4 bridgehead atoms. The number of hydrogen-bond donors (Lipinski definition) is 1. The van der Waals surface area contributed by atoms with Gasteiger partial charge >= 0.3 is 5.97 Å². The van der Waals surface area contributed by atoms with Gasteiger partial charge in [0.1, 0.15) is 6.04 Å². The number of aliphatic carboxylic acids is 1.